The van der Waals surface area contributed by atoms with Crippen molar-refractivity contribution < 1.29 is 4.74 Å². The molecule has 2 N–H and O–H groups in total. The highest BCUT2D eigenvalue weighted by molar-refractivity contribution is 5.27. The van der Waals surface area contributed by atoms with Crippen molar-refractivity contribution in [2.75, 3.05) is 20.2 Å². The number of hydrogen-bond acceptors (Lipinski definition) is 3. The number of benzene rings is 1. The van der Waals surface area contributed by atoms with Gasteiger partial charge in [0.05, 0.1) is 6.10 Å². The van der Waals surface area contributed by atoms with Gasteiger partial charge in [-0.15, -0.1) is 0 Å². The van der Waals surface area contributed by atoms with Gasteiger partial charge in [0, 0.05) is 18.7 Å². The Hall–Kier alpha value is -0.900. The van der Waals surface area contributed by atoms with E-state index in [9.17, 15) is 0 Å². The first-order chi connectivity index (χ1) is 9.15. The summed E-state index contributed by atoms with van der Waals surface area (Å²) in [6.45, 7) is 7.23. The third kappa shape index (κ3) is 3.56. The van der Waals surface area contributed by atoms with Crippen LogP contribution in [-0.2, 0) is 17.7 Å². The molecule has 0 bridgehead atoms. The van der Waals surface area contributed by atoms with Gasteiger partial charge in [0.2, 0.25) is 0 Å². The summed E-state index contributed by atoms with van der Waals surface area (Å²) >= 11 is 0. The summed E-state index contributed by atoms with van der Waals surface area (Å²) in [6, 6.07) is 8.70. The van der Waals surface area contributed by atoms with Crippen LogP contribution in [0.15, 0.2) is 24.3 Å². The minimum absolute atomic E-state index is 0.107. The van der Waals surface area contributed by atoms with E-state index in [1.165, 1.54) is 11.1 Å². The summed E-state index contributed by atoms with van der Waals surface area (Å²) in [5, 5.41) is 6.91. The van der Waals surface area contributed by atoms with Crippen LogP contribution >= 0.6 is 0 Å². The summed E-state index contributed by atoms with van der Waals surface area (Å²) in [4.78, 5) is 0. The van der Waals surface area contributed by atoms with E-state index in [0.717, 1.165) is 32.5 Å². The number of hydrogen-bond donors (Lipinski definition) is 2. The largest absolute Gasteiger partial charge is 0.377 e. The van der Waals surface area contributed by atoms with Crippen LogP contribution in [0.1, 0.15) is 31.4 Å². The zero-order valence-electron chi connectivity index (χ0n) is 12.3. The summed E-state index contributed by atoms with van der Waals surface area (Å²) in [5.41, 5.74) is 2.94. The highest BCUT2D eigenvalue weighted by Gasteiger charge is 2.36. The van der Waals surface area contributed by atoms with E-state index in [0.29, 0.717) is 0 Å². The average molecular weight is 262 g/mol. The van der Waals surface area contributed by atoms with Gasteiger partial charge < -0.3 is 15.4 Å². The summed E-state index contributed by atoms with van der Waals surface area (Å²) < 4.78 is 5.68. The standard InChI is InChI=1S/C16H26N2O/c1-13-16(2,9-11-19-13)18-12-15-7-5-4-6-14(15)8-10-17-3/h4-7,13,17-18H,8-12H2,1-3H3. The molecule has 0 aromatic heterocycles. The summed E-state index contributed by atoms with van der Waals surface area (Å²) in [5.74, 6) is 0. The van der Waals surface area contributed by atoms with Crippen molar-refractivity contribution in [1.29, 1.82) is 0 Å². The fourth-order valence-electron chi connectivity index (χ4n) is 2.60. The van der Waals surface area contributed by atoms with Crippen molar-refractivity contribution in [3.63, 3.8) is 0 Å². The SMILES string of the molecule is CNCCc1ccccc1CNC1(C)CCOC1C. The van der Waals surface area contributed by atoms with Gasteiger partial charge in [-0.05, 0) is 51.4 Å². The van der Waals surface area contributed by atoms with E-state index >= 15 is 0 Å². The van der Waals surface area contributed by atoms with Crippen molar-refractivity contribution in [2.45, 2.75) is 44.9 Å². The monoisotopic (exact) mass is 262 g/mol. The lowest BCUT2D eigenvalue weighted by Gasteiger charge is -2.29. The molecule has 0 radical (unpaired) electrons. The minimum Gasteiger partial charge on any atom is -0.377 e. The van der Waals surface area contributed by atoms with E-state index in [1.807, 2.05) is 7.05 Å². The lowest BCUT2D eigenvalue weighted by Crippen LogP contribution is -2.47. The quantitative estimate of drug-likeness (QED) is 0.824. The zero-order valence-corrected chi connectivity index (χ0v) is 12.3. The highest BCUT2D eigenvalue weighted by Crippen LogP contribution is 2.25. The lowest BCUT2D eigenvalue weighted by molar-refractivity contribution is 0.0881. The van der Waals surface area contributed by atoms with Gasteiger partial charge in [0.25, 0.3) is 0 Å². The molecule has 3 heteroatoms. The Morgan fingerprint density at radius 3 is 2.68 bits per heavy atom. The van der Waals surface area contributed by atoms with Gasteiger partial charge in [-0.2, -0.15) is 0 Å². The molecule has 1 aromatic rings. The molecule has 2 atom stereocenters. The lowest BCUT2D eigenvalue weighted by atomic mass is 9.94. The minimum atomic E-state index is 0.107. The number of ether oxygens (including phenoxy) is 1. The van der Waals surface area contributed by atoms with E-state index in [2.05, 4.69) is 48.7 Å². The Morgan fingerprint density at radius 1 is 1.32 bits per heavy atom. The first-order valence-electron chi connectivity index (χ1n) is 7.24. The summed E-state index contributed by atoms with van der Waals surface area (Å²) in [6.07, 6.45) is 2.46. The molecule has 2 unspecified atom stereocenters. The maximum absolute atomic E-state index is 5.68. The molecule has 106 valence electrons. The second-order valence-electron chi connectivity index (χ2n) is 5.66. The molecule has 1 saturated heterocycles. The van der Waals surface area contributed by atoms with Crippen LogP contribution in [0.5, 0.6) is 0 Å². The van der Waals surface area contributed by atoms with Crippen molar-refractivity contribution in [1.82, 2.24) is 10.6 Å². The van der Waals surface area contributed by atoms with Crippen molar-refractivity contribution >= 4 is 0 Å². The third-order valence-electron chi connectivity index (χ3n) is 4.33. The molecular weight excluding hydrogens is 236 g/mol. The van der Waals surface area contributed by atoms with E-state index in [1.54, 1.807) is 0 Å². The first-order valence-corrected chi connectivity index (χ1v) is 7.24. The molecular formula is C16H26N2O. The Labute approximate surface area is 116 Å². The van der Waals surface area contributed by atoms with Crippen molar-refractivity contribution in [3.05, 3.63) is 35.4 Å². The Morgan fingerprint density at radius 2 is 2.05 bits per heavy atom. The van der Waals surface area contributed by atoms with Crippen LogP contribution in [0.4, 0.5) is 0 Å². The molecule has 1 aliphatic heterocycles. The molecule has 0 saturated carbocycles. The van der Waals surface area contributed by atoms with E-state index in [4.69, 9.17) is 4.74 Å². The van der Waals surface area contributed by atoms with E-state index < -0.39 is 0 Å². The van der Waals surface area contributed by atoms with Crippen LogP contribution in [0.25, 0.3) is 0 Å². The molecule has 1 aliphatic rings. The highest BCUT2D eigenvalue weighted by atomic mass is 16.5. The van der Waals surface area contributed by atoms with Crippen LogP contribution in [0, 0.1) is 0 Å². The molecule has 1 heterocycles. The maximum Gasteiger partial charge on any atom is 0.0726 e. The predicted octanol–water partition coefficient (Wildman–Crippen LogP) is 2.11. The summed E-state index contributed by atoms with van der Waals surface area (Å²) in [7, 11) is 2.00. The molecule has 1 fully saturated rings. The third-order valence-corrected chi connectivity index (χ3v) is 4.33. The van der Waals surface area contributed by atoms with Crippen LogP contribution in [-0.4, -0.2) is 31.8 Å². The number of rotatable bonds is 6. The number of likely N-dealkylation sites (N-methyl/N-ethyl adjacent to an activating group) is 1. The second-order valence-corrected chi connectivity index (χ2v) is 5.66. The van der Waals surface area contributed by atoms with Crippen LogP contribution in [0.2, 0.25) is 0 Å². The Kier molecular flexibility index (Phi) is 4.97. The Balaban J connectivity index is 1.99. The fourth-order valence-corrected chi connectivity index (χ4v) is 2.60. The normalized spacial score (nSPS) is 26.8. The molecule has 0 spiro atoms. The maximum atomic E-state index is 5.68. The number of nitrogens with one attached hydrogen (secondary N) is 2. The Bertz CT molecular complexity index is 407. The van der Waals surface area contributed by atoms with Crippen molar-refractivity contribution in [3.8, 4) is 0 Å². The second kappa shape index (κ2) is 6.51. The molecule has 1 aromatic carbocycles. The van der Waals surface area contributed by atoms with Gasteiger partial charge >= 0.3 is 0 Å². The smallest absolute Gasteiger partial charge is 0.0726 e. The van der Waals surface area contributed by atoms with Gasteiger partial charge in [0.1, 0.15) is 0 Å². The average Bonchev–Trinajstić information content (AvgIpc) is 2.75. The van der Waals surface area contributed by atoms with Crippen molar-refractivity contribution in [2.24, 2.45) is 0 Å². The molecule has 3 nitrogen and oxygen atoms in total. The molecule has 0 aliphatic carbocycles. The molecule has 2 rings (SSSR count). The molecule has 0 amide bonds. The van der Waals surface area contributed by atoms with Gasteiger partial charge in [-0.3, -0.25) is 0 Å². The predicted molar refractivity (Wildman–Crippen MR) is 79.3 cm³/mol. The van der Waals surface area contributed by atoms with Crippen LogP contribution < -0.4 is 10.6 Å². The first kappa shape index (κ1) is 14.5. The topological polar surface area (TPSA) is 33.3 Å². The van der Waals surface area contributed by atoms with Gasteiger partial charge in [-0.25, -0.2) is 0 Å². The van der Waals surface area contributed by atoms with E-state index in [-0.39, 0.29) is 11.6 Å². The fraction of sp³-hybridized carbons (Fsp3) is 0.625. The van der Waals surface area contributed by atoms with Gasteiger partial charge in [0.15, 0.2) is 0 Å². The van der Waals surface area contributed by atoms with Crippen LogP contribution in [0.3, 0.4) is 0 Å². The zero-order chi connectivity index (χ0) is 13.7. The van der Waals surface area contributed by atoms with Gasteiger partial charge in [-0.1, -0.05) is 24.3 Å². The molecule has 19 heavy (non-hydrogen) atoms.